The molecule has 0 amide bonds. The molecule has 7 nitrogen and oxygen atoms in total. The fraction of sp³-hybridized carbons (Fsp3) is 0.158. The molecule has 3 aromatic rings. The van der Waals surface area contributed by atoms with Crippen LogP contribution in [-0.2, 0) is 6.54 Å². The van der Waals surface area contributed by atoms with Crippen LogP contribution in [-0.4, -0.2) is 35.3 Å². The van der Waals surface area contributed by atoms with E-state index in [4.69, 9.17) is 0 Å². The molecule has 0 atom stereocenters. The first-order valence-electron chi connectivity index (χ1n) is 8.36. The fourth-order valence-corrected chi connectivity index (χ4v) is 2.64. The zero-order valence-electron chi connectivity index (χ0n) is 15.5. The van der Waals surface area contributed by atoms with Gasteiger partial charge in [-0.1, -0.05) is 58.4 Å². The summed E-state index contributed by atoms with van der Waals surface area (Å²) in [7, 11) is 3.76. The number of halogens is 2. The fourth-order valence-electron chi connectivity index (χ4n) is 2.22. The molecule has 0 unspecified atom stereocenters. The third kappa shape index (κ3) is 6.47. The van der Waals surface area contributed by atoms with Crippen LogP contribution in [0.3, 0.4) is 0 Å². The lowest BCUT2D eigenvalue weighted by Gasteiger charge is -2.13. The molecule has 0 aliphatic carbocycles. The third-order valence-corrected chi connectivity index (χ3v) is 4.04. The third-order valence-electron chi connectivity index (χ3n) is 3.54. The van der Waals surface area contributed by atoms with Gasteiger partial charge in [-0.05, 0) is 23.3 Å². The van der Waals surface area contributed by atoms with Crippen LogP contribution in [0.5, 0.6) is 0 Å². The number of benzene rings is 2. The Morgan fingerprint density at radius 2 is 1.75 bits per heavy atom. The van der Waals surface area contributed by atoms with Gasteiger partial charge in [-0.3, -0.25) is 0 Å². The number of anilines is 3. The van der Waals surface area contributed by atoms with E-state index in [1.54, 1.807) is 6.21 Å². The molecule has 1 aromatic heterocycles. The lowest BCUT2D eigenvalue weighted by atomic mass is 10.2. The maximum atomic E-state index is 4.42. The molecule has 0 aliphatic rings. The maximum Gasteiger partial charge on any atom is 0.250 e. The van der Waals surface area contributed by atoms with Crippen LogP contribution in [0.15, 0.2) is 64.2 Å². The molecule has 3 rings (SSSR count). The highest BCUT2D eigenvalue weighted by atomic mass is 79.9. The number of aromatic nitrogens is 3. The molecule has 2 N–H and O–H groups in total. The molecule has 2 aromatic carbocycles. The summed E-state index contributed by atoms with van der Waals surface area (Å²) in [5.74, 6) is 1.40. The second kappa shape index (κ2) is 10.6. The number of rotatable bonds is 7. The smallest absolute Gasteiger partial charge is 0.250 e. The Labute approximate surface area is 178 Å². The first-order chi connectivity index (χ1) is 13.1. The molecule has 0 saturated heterocycles. The van der Waals surface area contributed by atoms with Gasteiger partial charge in [0.2, 0.25) is 17.8 Å². The summed E-state index contributed by atoms with van der Waals surface area (Å²) in [5, 5.41) is 7.44. The Morgan fingerprint density at radius 3 is 2.46 bits per heavy atom. The minimum Gasteiger partial charge on any atom is -0.350 e. The van der Waals surface area contributed by atoms with E-state index in [9.17, 15) is 0 Å². The summed E-state index contributed by atoms with van der Waals surface area (Å²) in [5.41, 5.74) is 4.98. The SMILES string of the molecule is CN(C)c1nc(NCc2ccccc2)nc(N/N=C/c2cccc(Br)c2)n1.Cl. The van der Waals surface area contributed by atoms with E-state index in [0.717, 1.165) is 15.6 Å². The molecule has 0 saturated carbocycles. The number of hydrazone groups is 1. The van der Waals surface area contributed by atoms with Crippen LogP contribution in [0.1, 0.15) is 11.1 Å². The molecule has 0 spiro atoms. The number of hydrogen-bond acceptors (Lipinski definition) is 7. The van der Waals surface area contributed by atoms with Crippen LogP contribution in [0.2, 0.25) is 0 Å². The Bertz CT molecular complexity index is 919. The number of hydrogen-bond donors (Lipinski definition) is 2. The Kier molecular flexibility index (Phi) is 8.16. The van der Waals surface area contributed by atoms with Gasteiger partial charge in [-0.25, -0.2) is 5.43 Å². The highest BCUT2D eigenvalue weighted by Gasteiger charge is 2.07. The molecule has 0 radical (unpaired) electrons. The summed E-state index contributed by atoms with van der Waals surface area (Å²) in [6, 6.07) is 17.9. The van der Waals surface area contributed by atoms with Gasteiger partial charge in [0.1, 0.15) is 0 Å². The minimum absolute atomic E-state index is 0. The van der Waals surface area contributed by atoms with E-state index in [2.05, 4.69) is 46.7 Å². The van der Waals surface area contributed by atoms with E-state index < -0.39 is 0 Å². The summed E-state index contributed by atoms with van der Waals surface area (Å²) in [6.07, 6.45) is 1.71. The van der Waals surface area contributed by atoms with Gasteiger partial charge in [0, 0.05) is 25.1 Å². The molecular weight excluding hydrogens is 442 g/mol. The van der Waals surface area contributed by atoms with Gasteiger partial charge in [-0.2, -0.15) is 20.1 Å². The molecule has 146 valence electrons. The molecule has 0 aliphatic heterocycles. The predicted molar refractivity (Wildman–Crippen MR) is 121 cm³/mol. The monoisotopic (exact) mass is 461 g/mol. The maximum absolute atomic E-state index is 4.42. The Morgan fingerprint density at radius 1 is 1.00 bits per heavy atom. The van der Waals surface area contributed by atoms with Crippen molar-refractivity contribution in [1.29, 1.82) is 0 Å². The van der Waals surface area contributed by atoms with Crippen molar-refractivity contribution in [2.24, 2.45) is 5.10 Å². The van der Waals surface area contributed by atoms with Gasteiger partial charge >= 0.3 is 0 Å². The van der Waals surface area contributed by atoms with Crippen LogP contribution in [0, 0.1) is 0 Å². The van der Waals surface area contributed by atoms with Crippen LogP contribution in [0.25, 0.3) is 0 Å². The van der Waals surface area contributed by atoms with Gasteiger partial charge in [0.15, 0.2) is 0 Å². The molecule has 1 heterocycles. The molecule has 0 bridgehead atoms. The average Bonchev–Trinajstić information content (AvgIpc) is 2.67. The zero-order valence-corrected chi connectivity index (χ0v) is 17.9. The average molecular weight is 463 g/mol. The second-order valence-corrected chi connectivity index (χ2v) is 6.86. The van der Waals surface area contributed by atoms with Crippen molar-refractivity contribution in [2.45, 2.75) is 6.54 Å². The molecule has 0 fully saturated rings. The summed E-state index contributed by atoms with van der Waals surface area (Å²) < 4.78 is 0.994. The second-order valence-electron chi connectivity index (χ2n) is 5.94. The van der Waals surface area contributed by atoms with E-state index in [1.165, 1.54) is 0 Å². The number of nitrogens with zero attached hydrogens (tertiary/aromatic N) is 5. The Hall–Kier alpha value is -2.71. The van der Waals surface area contributed by atoms with Gasteiger partial charge < -0.3 is 10.2 Å². The van der Waals surface area contributed by atoms with Crippen molar-refractivity contribution >= 4 is 52.4 Å². The van der Waals surface area contributed by atoms with Crippen molar-refractivity contribution in [3.63, 3.8) is 0 Å². The van der Waals surface area contributed by atoms with Gasteiger partial charge in [0.25, 0.3) is 0 Å². The summed E-state index contributed by atoms with van der Waals surface area (Å²) >= 11 is 3.44. The quantitative estimate of drug-likeness (QED) is 0.405. The van der Waals surface area contributed by atoms with Gasteiger partial charge in [0.05, 0.1) is 6.21 Å². The summed E-state index contributed by atoms with van der Waals surface area (Å²) in [6.45, 7) is 0.623. The Balaban J connectivity index is 0.00000280. The van der Waals surface area contributed by atoms with E-state index in [-0.39, 0.29) is 12.4 Å². The first-order valence-corrected chi connectivity index (χ1v) is 9.15. The summed E-state index contributed by atoms with van der Waals surface area (Å²) in [4.78, 5) is 15.0. The van der Waals surface area contributed by atoms with Crippen LogP contribution >= 0.6 is 28.3 Å². The molecule has 9 heteroatoms. The van der Waals surface area contributed by atoms with E-state index >= 15 is 0 Å². The lowest BCUT2D eigenvalue weighted by Crippen LogP contribution is -2.16. The van der Waals surface area contributed by atoms with Crippen molar-refractivity contribution in [1.82, 2.24) is 15.0 Å². The number of nitrogens with one attached hydrogen (secondary N) is 2. The zero-order chi connectivity index (χ0) is 19.1. The highest BCUT2D eigenvalue weighted by molar-refractivity contribution is 9.10. The predicted octanol–water partition coefficient (Wildman–Crippen LogP) is 4.18. The van der Waals surface area contributed by atoms with Gasteiger partial charge in [-0.15, -0.1) is 12.4 Å². The topological polar surface area (TPSA) is 78.3 Å². The van der Waals surface area contributed by atoms with Crippen molar-refractivity contribution in [2.75, 3.05) is 29.7 Å². The van der Waals surface area contributed by atoms with E-state index in [0.29, 0.717) is 24.4 Å². The van der Waals surface area contributed by atoms with Crippen molar-refractivity contribution in [3.8, 4) is 0 Å². The van der Waals surface area contributed by atoms with Crippen molar-refractivity contribution < 1.29 is 0 Å². The molecular formula is C19H21BrClN7. The van der Waals surface area contributed by atoms with Crippen molar-refractivity contribution in [3.05, 3.63) is 70.2 Å². The van der Waals surface area contributed by atoms with E-state index in [1.807, 2.05) is 73.6 Å². The largest absolute Gasteiger partial charge is 0.350 e. The highest BCUT2D eigenvalue weighted by Crippen LogP contribution is 2.13. The first kappa shape index (κ1) is 21.6. The van der Waals surface area contributed by atoms with Crippen LogP contribution < -0.4 is 15.6 Å². The normalized spacial score (nSPS) is 10.4. The molecule has 28 heavy (non-hydrogen) atoms. The minimum atomic E-state index is 0. The lowest BCUT2D eigenvalue weighted by molar-refractivity contribution is 0.940. The standard InChI is InChI=1S/C19H20BrN7.ClH/c1-27(2)19-24-17(21-12-14-7-4-3-5-8-14)23-18(25-19)26-22-13-15-9-6-10-16(20)11-15;/h3-11,13H,12H2,1-2H3,(H2,21,23,24,25,26);1H/b22-13+;. The van der Waals surface area contributed by atoms with Crippen LogP contribution in [0.4, 0.5) is 17.8 Å².